The van der Waals surface area contributed by atoms with E-state index in [4.69, 9.17) is 11.6 Å². The van der Waals surface area contributed by atoms with Crippen LogP contribution in [-0.2, 0) is 29.8 Å². The van der Waals surface area contributed by atoms with Crippen LogP contribution < -0.4 is 0 Å². The van der Waals surface area contributed by atoms with Crippen molar-refractivity contribution < 1.29 is 23.3 Å². The third-order valence-electron chi connectivity index (χ3n) is 6.06. The molecule has 0 aromatic heterocycles. The van der Waals surface area contributed by atoms with Gasteiger partial charge < -0.3 is 14.9 Å². The summed E-state index contributed by atoms with van der Waals surface area (Å²) in [5, 5.41) is 3.30. The topological polar surface area (TPSA) is 0 Å². The third-order valence-corrected chi connectivity index (χ3v) is 6.39. The van der Waals surface area contributed by atoms with Gasteiger partial charge in [-0.3, -0.25) is 6.08 Å². The predicted molar refractivity (Wildman–Crippen MR) is 162 cm³/mol. The maximum atomic E-state index is 6.36. The van der Waals surface area contributed by atoms with Gasteiger partial charge in [-0.2, -0.15) is 11.1 Å². The fourth-order valence-corrected chi connectivity index (χ4v) is 4.22. The van der Waals surface area contributed by atoms with Gasteiger partial charge >= 0.3 is 30.2 Å². The molecule has 0 amide bonds. The zero-order valence-corrected chi connectivity index (χ0v) is 27.9. The van der Waals surface area contributed by atoms with E-state index in [-0.39, 0.29) is 39.7 Å². The average molecular weight is 625 g/mol. The van der Waals surface area contributed by atoms with Gasteiger partial charge in [0, 0.05) is 0 Å². The summed E-state index contributed by atoms with van der Waals surface area (Å²) in [5.41, 5.74) is 8.31. The van der Waals surface area contributed by atoms with Crippen LogP contribution in [0, 0.1) is 26.8 Å². The first-order valence-corrected chi connectivity index (χ1v) is 15.5. The van der Waals surface area contributed by atoms with Crippen LogP contribution in [0.3, 0.4) is 0 Å². The quantitative estimate of drug-likeness (QED) is 0.200. The Morgan fingerprint density at radius 1 is 0.971 bits per heavy atom. The summed E-state index contributed by atoms with van der Waals surface area (Å²) in [6.07, 6.45) is 6.90. The van der Waals surface area contributed by atoms with Crippen LogP contribution in [0.4, 0.5) is 0 Å². The molecule has 5 heteroatoms. The van der Waals surface area contributed by atoms with Crippen molar-refractivity contribution in [3.8, 4) is 11.1 Å². The molecule has 2 radical (unpaired) electrons. The molecule has 192 valence electrons. The van der Waals surface area contributed by atoms with Crippen molar-refractivity contribution in [1.82, 2.24) is 0 Å². The summed E-state index contributed by atoms with van der Waals surface area (Å²) < 4.78 is 0. The monoisotopic (exact) mass is 622 g/mol. The number of rotatable bonds is 4. The molecule has 0 spiro atoms. The summed E-state index contributed by atoms with van der Waals surface area (Å²) in [5.74, 6) is 0.560. The van der Waals surface area contributed by atoms with Crippen LogP contribution in [-0.4, -0.2) is 6.88 Å². The number of unbranched alkanes of at least 4 members (excludes halogenated alkanes) is 1. The van der Waals surface area contributed by atoms with Gasteiger partial charge in [0.15, 0.2) is 0 Å². The summed E-state index contributed by atoms with van der Waals surface area (Å²) >= 11 is 7.72. The number of allylic oxidation sites excluding steroid dienone is 4. The molecule has 1 unspecified atom stereocenters. The fourth-order valence-electron chi connectivity index (χ4n) is 3.99. The Labute approximate surface area is 249 Å². The number of hydrogen-bond acceptors (Lipinski definition) is 0. The van der Waals surface area contributed by atoms with Gasteiger partial charge in [-0.25, -0.2) is 5.57 Å². The van der Waals surface area contributed by atoms with Gasteiger partial charge in [0.25, 0.3) is 0 Å². The van der Waals surface area contributed by atoms with Crippen LogP contribution >= 0.6 is 36.4 Å². The van der Waals surface area contributed by atoms with E-state index in [0.29, 0.717) is 5.92 Å². The van der Waals surface area contributed by atoms with Crippen molar-refractivity contribution in [3.63, 3.8) is 0 Å². The van der Waals surface area contributed by atoms with Crippen LogP contribution in [0.15, 0.2) is 71.3 Å². The van der Waals surface area contributed by atoms with E-state index in [9.17, 15) is 0 Å². The molecule has 4 rings (SSSR count). The molecule has 35 heavy (non-hydrogen) atoms. The minimum atomic E-state index is 0. The number of benzene rings is 2. The fraction of sp³-hybridized carbons (Fsp3) is 0.300. The summed E-state index contributed by atoms with van der Waals surface area (Å²) in [7, 11) is 0. The Morgan fingerprint density at radius 2 is 1.57 bits per heavy atom. The molecule has 0 saturated heterocycles. The van der Waals surface area contributed by atoms with Crippen LogP contribution in [0.1, 0.15) is 53.0 Å². The molecule has 0 saturated carbocycles. The van der Waals surface area contributed by atoms with E-state index < -0.39 is 0 Å². The Balaban J connectivity index is -0.000000590. The zero-order chi connectivity index (χ0) is 23.0. The summed E-state index contributed by atoms with van der Waals surface area (Å²) in [4.78, 5) is 0. The number of halogens is 3. The van der Waals surface area contributed by atoms with Crippen molar-refractivity contribution in [2.24, 2.45) is 5.92 Å². The van der Waals surface area contributed by atoms with Gasteiger partial charge in [-0.1, -0.05) is 94.5 Å². The Bertz CT molecular complexity index is 1070. The van der Waals surface area contributed by atoms with Crippen molar-refractivity contribution in [2.75, 3.05) is 0 Å². The van der Waals surface area contributed by atoms with Gasteiger partial charge in [-0.15, -0.1) is 77.4 Å². The number of aryl methyl sites for hydroxylation is 1. The second-order valence-corrected chi connectivity index (χ2v) is 8.42. The van der Waals surface area contributed by atoms with E-state index in [0.717, 1.165) is 11.4 Å². The molecule has 0 aliphatic heterocycles. The Kier molecular flexibility index (Phi) is 21.8. The first-order valence-electron chi connectivity index (χ1n) is 10.9. The molecule has 1 aliphatic carbocycles. The van der Waals surface area contributed by atoms with Crippen molar-refractivity contribution in [2.45, 2.75) is 53.9 Å². The van der Waals surface area contributed by atoms with Gasteiger partial charge in [-0.05, 0) is 11.4 Å². The van der Waals surface area contributed by atoms with E-state index in [1.54, 1.807) is 0 Å². The van der Waals surface area contributed by atoms with E-state index >= 15 is 0 Å². The molecule has 3 aromatic rings. The molecule has 0 bridgehead atoms. The molecule has 0 heterocycles. The molecular formula is C30H39Cl3SiZr-4. The number of fused-ring (bicyclic) bond motifs is 1. The van der Waals surface area contributed by atoms with Crippen molar-refractivity contribution in [1.29, 1.82) is 0 Å². The van der Waals surface area contributed by atoms with E-state index in [1.807, 2.05) is 12.1 Å². The number of hydrogen-bond donors (Lipinski definition) is 0. The van der Waals surface area contributed by atoms with Gasteiger partial charge in [0.2, 0.25) is 0 Å². The summed E-state index contributed by atoms with van der Waals surface area (Å²) in [6, 6.07) is 19.1. The standard InChI is InChI=1S/C19H18Cl.C9H13.2CH3.2ClH.Si.Zr/c1-2-3-8-15-13-17-16(11-7-12-18(17)20)19(15)14-9-5-4-6-10-14;1-6-5-7(2)9(4)8(6)3;;;;;;/h4-7,9-13H,2-3,8H2,1H3;6H,1-4H3;2*1H3;2*1H;;/q4*-1;;;;. The maximum absolute atomic E-state index is 6.36. The molecule has 0 nitrogen and oxygen atoms in total. The average Bonchev–Trinajstić information content (AvgIpc) is 3.28. The molecule has 1 aliphatic rings. The third kappa shape index (κ3) is 10.1. The minimum absolute atomic E-state index is 0. The summed E-state index contributed by atoms with van der Waals surface area (Å²) in [6.45, 7) is 14.0. The molecule has 3 aromatic carbocycles. The zero-order valence-electron chi connectivity index (χ0n) is 22.1. The normalized spacial score (nSPS) is 13.4. The SMILES string of the molecule is CC1=[C-]C(C)C(C)=C1C.CCCCc1[cH-]c2c(Cl)cccc2c1-c1ccccc1.Cl.Cl.[CH3-].[CH3-].[Si]=[Zr]. The van der Waals surface area contributed by atoms with Crippen molar-refractivity contribution >= 4 is 54.1 Å². The second kappa shape index (κ2) is 19.6. The first-order chi connectivity index (χ1) is 14.9. The molecule has 0 N–H and O–H groups in total. The van der Waals surface area contributed by atoms with Crippen molar-refractivity contribution in [3.05, 3.63) is 103 Å². The van der Waals surface area contributed by atoms with Gasteiger partial charge in [0.1, 0.15) is 0 Å². The molecule has 1 atom stereocenters. The van der Waals surface area contributed by atoms with Gasteiger partial charge in [0.05, 0.1) is 0 Å². The molecular weight excluding hydrogens is 586 g/mol. The molecule has 0 fully saturated rings. The Hall–Kier alpha value is -0.500. The van der Waals surface area contributed by atoms with Crippen LogP contribution in [0.25, 0.3) is 21.9 Å². The first kappa shape index (κ1) is 39.0. The second-order valence-electron chi connectivity index (χ2n) is 8.01. The van der Waals surface area contributed by atoms with Crippen LogP contribution in [0.2, 0.25) is 5.02 Å². The van der Waals surface area contributed by atoms with Crippen LogP contribution in [0.5, 0.6) is 0 Å². The Morgan fingerprint density at radius 3 is 2.03 bits per heavy atom. The predicted octanol–water partition coefficient (Wildman–Crippen LogP) is 10.3. The van der Waals surface area contributed by atoms with E-state index in [1.165, 1.54) is 80.4 Å². The van der Waals surface area contributed by atoms with E-state index in [2.05, 4.69) is 90.0 Å².